The van der Waals surface area contributed by atoms with Gasteiger partial charge in [-0.1, -0.05) is 66.0 Å². The van der Waals surface area contributed by atoms with Gasteiger partial charge in [-0.05, 0) is 32.4 Å². The Balaban J connectivity index is 2.60. The molecular formula is C17H28BrN. The van der Waals surface area contributed by atoms with Crippen LogP contribution in [0.4, 0.5) is 0 Å². The van der Waals surface area contributed by atoms with Crippen LogP contribution in [0.2, 0.25) is 0 Å². The second-order valence-corrected chi connectivity index (χ2v) is 6.21. The van der Waals surface area contributed by atoms with E-state index in [2.05, 4.69) is 71.9 Å². The third-order valence-electron chi connectivity index (χ3n) is 3.69. The SMILES string of the molecule is CCCCCN(CC(CBr)c1ccccc1)C(C)C. The summed E-state index contributed by atoms with van der Waals surface area (Å²) in [5.41, 5.74) is 1.44. The van der Waals surface area contributed by atoms with Crippen LogP contribution in [-0.4, -0.2) is 29.4 Å². The maximum Gasteiger partial charge on any atom is 0.0112 e. The minimum atomic E-state index is 0.588. The molecule has 19 heavy (non-hydrogen) atoms. The summed E-state index contributed by atoms with van der Waals surface area (Å²) in [5.74, 6) is 0.588. The van der Waals surface area contributed by atoms with Crippen LogP contribution in [-0.2, 0) is 0 Å². The lowest BCUT2D eigenvalue weighted by Gasteiger charge is -2.30. The Hall–Kier alpha value is -0.340. The van der Waals surface area contributed by atoms with E-state index in [9.17, 15) is 0 Å². The van der Waals surface area contributed by atoms with Crippen LogP contribution in [0.15, 0.2) is 30.3 Å². The van der Waals surface area contributed by atoms with E-state index in [1.165, 1.54) is 31.4 Å². The molecule has 0 saturated carbocycles. The smallest absolute Gasteiger partial charge is 0.0112 e. The summed E-state index contributed by atoms with van der Waals surface area (Å²) in [6.07, 6.45) is 3.96. The first kappa shape index (κ1) is 16.7. The number of rotatable bonds is 9. The third kappa shape index (κ3) is 6.09. The van der Waals surface area contributed by atoms with E-state index >= 15 is 0 Å². The molecule has 0 amide bonds. The van der Waals surface area contributed by atoms with Crippen molar-refractivity contribution in [2.45, 2.75) is 52.0 Å². The average Bonchev–Trinajstić information content (AvgIpc) is 2.43. The average molecular weight is 326 g/mol. The third-order valence-corrected chi connectivity index (χ3v) is 4.47. The van der Waals surface area contributed by atoms with Gasteiger partial charge in [-0.25, -0.2) is 0 Å². The molecule has 0 aromatic heterocycles. The molecule has 1 unspecified atom stereocenters. The summed E-state index contributed by atoms with van der Waals surface area (Å²) in [6, 6.07) is 11.5. The second-order valence-electron chi connectivity index (χ2n) is 5.56. The standard InChI is InChI=1S/C17H28BrN/c1-4-5-9-12-19(15(2)3)14-17(13-18)16-10-7-6-8-11-16/h6-8,10-11,15,17H,4-5,9,12-14H2,1-3H3. The molecule has 0 heterocycles. The lowest BCUT2D eigenvalue weighted by molar-refractivity contribution is 0.208. The van der Waals surface area contributed by atoms with Gasteiger partial charge >= 0.3 is 0 Å². The van der Waals surface area contributed by atoms with Gasteiger partial charge in [-0.3, -0.25) is 0 Å². The highest BCUT2D eigenvalue weighted by Gasteiger charge is 2.16. The molecule has 0 bridgehead atoms. The van der Waals surface area contributed by atoms with Crippen molar-refractivity contribution in [1.82, 2.24) is 4.90 Å². The molecule has 1 atom stereocenters. The van der Waals surface area contributed by atoms with E-state index < -0.39 is 0 Å². The highest BCUT2D eigenvalue weighted by molar-refractivity contribution is 9.09. The van der Waals surface area contributed by atoms with Crippen molar-refractivity contribution >= 4 is 15.9 Å². The Bertz CT molecular complexity index is 323. The molecule has 1 aromatic rings. The van der Waals surface area contributed by atoms with Crippen LogP contribution in [0.25, 0.3) is 0 Å². The fraction of sp³-hybridized carbons (Fsp3) is 0.647. The Kier molecular flexibility index (Phi) is 8.40. The Morgan fingerprint density at radius 1 is 1.11 bits per heavy atom. The van der Waals surface area contributed by atoms with Gasteiger partial charge in [0.2, 0.25) is 0 Å². The first-order valence-electron chi connectivity index (χ1n) is 7.54. The van der Waals surface area contributed by atoms with E-state index in [1.807, 2.05) is 0 Å². The summed E-state index contributed by atoms with van der Waals surface area (Å²) in [6.45, 7) is 9.26. The highest BCUT2D eigenvalue weighted by Crippen LogP contribution is 2.20. The van der Waals surface area contributed by atoms with Gasteiger partial charge in [0.1, 0.15) is 0 Å². The number of unbranched alkanes of at least 4 members (excludes halogenated alkanes) is 2. The Morgan fingerprint density at radius 2 is 1.79 bits per heavy atom. The Morgan fingerprint density at radius 3 is 2.32 bits per heavy atom. The molecule has 0 fully saturated rings. The zero-order valence-electron chi connectivity index (χ0n) is 12.6. The molecule has 0 aliphatic rings. The molecule has 108 valence electrons. The van der Waals surface area contributed by atoms with Crippen LogP contribution < -0.4 is 0 Å². The number of nitrogens with zero attached hydrogens (tertiary/aromatic N) is 1. The van der Waals surface area contributed by atoms with Crippen LogP contribution in [0.3, 0.4) is 0 Å². The van der Waals surface area contributed by atoms with Crippen molar-refractivity contribution in [2.24, 2.45) is 0 Å². The van der Waals surface area contributed by atoms with Gasteiger partial charge in [-0.15, -0.1) is 0 Å². The topological polar surface area (TPSA) is 3.24 Å². The lowest BCUT2D eigenvalue weighted by Crippen LogP contribution is -2.36. The summed E-state index contributed by atoms with van der Waals surface area (Å²) in [5, 5.41) is 1.04. The zero-order valence-corrected chi connectivity index (χ0v) is 14.2. The van der Waals surface area contributed by atoms with Crippen molar-refractivity contribution in [3.63, 3.8) is 0 Å². The molecular weight excluding hydrogens is 298 g/mol. The largest absolute Gasteiger partial charge is 0.300 e. The quantitative estimate of drug-likeness (QED) is 0.452. The summed E-state index contributed by atoms with van der Waals surface area (Å²) in [4.78, 5) is 2.62. The van der Waals surface area contributed by atoms with Crippen molar-refractivity contribution in [3.8, 4) is 0 Å². The van der Waals surface area contributed by atoms with Crippen LogP contribution >= 0.6 is 15.9 Å². The van der Waals surface area contributed by atoms with E-state index in [-0.39, 0.29) is 0 Å². The molecule has 1 nitrogen and oxygen atoms in total. The fourth-order valence-corrected chi connectivity index (χ4v) is 2.96. The maximum absolute atomic E-state index is 3.69. The second kappa shape index (κ2) is 9.55. The van der Waals surface area contributed by atoms with Crippen molar-refractivity contribution in [3.05, 3.63) is 35.9 Å². The molecule has 2 heteroatoms. The van der Waals surface area contributed by atoms with E-state index in [0.717, 1.165) is 11.9 Å². The molecule has 1 aromatic carbocycles. The summed E-state index contributed by atoms with van der Waals surface area (Å²) >= 11 is 3.69. The number of benzene rings is 1. The maximum atomic E-state index is 3.69. The first-order chi connectivity index (χ1) is 9.19. The van der Waals surface area contributed by atoms with E-state index in [4.69, 9.17) is 0 Å². The van der Waals surface area contributed by atoms with Crippen molar-refractivity contribution < 1.29 is 0 Å². The van der Waals surface area contributed by atoms with Gasteiger partial charge in [-0.2, -0.15) is 0 Å². The predicted octanol–water partition coefficient (Wildman–Crippen LogP) is 5.07. The van der Waals surface area contributed by atoms with Gasteiger partial charge < -0.3 is 4.90 Å². The molecule has 0 spiro atoms. The first-order valence-corrected chi connectivity index (χ1v) is 8.66. The zero-order chi connectivity index (χ0) is 14.1. The van der Waals surface area contributed by atoms with Crippen LogP contribution in [0, 0.1) is 0 Å². The fourth-order valence-electron chi connectivity index (χ4n) is 2.38. The van der Waals surface area contributed by atoms with Crippen LogP contribution in [0.1, 0.15) is 51.5 Å². The highest BCUT2D eigenvalue weighted by atomic mass is 79.9. The van der Waals surface area contributed by atoms with Crippen molar-refractivity contribution in [2.75, 3.05) is 18.4 Å². The monoisotopic (exact) mass is 325 g/mol. The summed E-state index contributed by atoms with van der Waals surface area (Å²) < 4.78 is 0. The van der Waals surface area contributed by atoms with Gasteiger partial charge in [0, 0.05) is 23.8 Å². The molecule has 0 saturated heterocycles. The Labute approximate surface area is 127 Å². The van der Waals surface area contributed by atoms with Gasteiger partial charge in [0.05, 0.1) is 0 Å². The molecule has 0 aliphatic heterocycles. The van der Waals surface area contributed by atoms with Crippen molar-refractivity contribution in [1.29, 1.82) is 0 Å². The molecule has 0 N–H and O–H groups in total. The minimum absolute atomic E-state index is 0.588. The molecule has 0 radical (unpaired) electrons. The van der Waals surface area contributed by atoms with E-state index in [0.29, 0.717) is 12.0 Å². The van der Waals surface area contributed by atoms with E-state index in [1.54, 1.807) is 0 Å². The number of hydrogen-bond donors (Lipinski definition) is 0. The van der Waals surface area contributed by atoms with Gasteiger partial charge in [0.25, 0.3) is 0 Å². The number of alkyl halides is 1. The number of halogens is 1. The van der Waals surface area contributed by atoms with Crippen LogP contribution in [0.5, 0.6) is 0 Å². The lowest BCUT2D eigenvalue weighted by atomic mass is 10.00. The summed E-state index contributed by atoms with van der Waals surface area (Å²) in [7, 11) is 0. The normalized spacial score (nSPS) is 13.2. The minimum Gasteiger partial charge on any atom is -0.300 e. The molecule has 0 aliphatic carbocycles. The van der Waals surface area contributed by atoms with Gasteiger partial charge in [0.15, 0.2) is 0 Å². The predicted molar refractivity (Wildman–Crippen MR) is 89.2 cm³/mol. The number of hydrogen-bond acceptors (Lipinski definition) is 1. The molecule has 1 rings (SSSR count).